The van der Waals surface area contributed by atoms with Crippen LogP contribution < -0.4 is 5.32 Å². The molecule has 6 heteroatoms. The van der Waals surface area contributed by atoms with Crippen LogP contribution in [0.4, 0.5) is 5.13 Å². The van der Waals surface area contributed by atoms with Crippen molar-refractivity contribution in [3.63, 3.8) is 0 Å². The second-order valence-electron chi connectivity index (χ2n) is 8.11. The number of aromatic nitrogens is 1. The van der Waals surface area contributed by atoms with Gasteiger partial charge in [0.2, 0.25) is 11.8 Å². The number of hydrogen-bond acceptors (Lipinski definition) is 5. The van der Waals surface area contributed by atoms with E-state index in [1.54, 1.807) is 0 Å². The highest BCUT2D eigenvalue weighted by molar-refractivity contribution is 7.16. The lowest BCUT2D eigenvalue weighted by Gasteiger charge is -2.28. The van der Waals surface area contributed by atoms with Gasteiger partial charge in [0.25, 0.3) is 0 Å². The molecule has 2 aliphatic rings. The van der Waals surface area contributed by atoms with Gasteiger partial charge in [0.05, 0.1) is 11.3 Å². The first-order chi connectivity index (χ1) is 13.6. The van der Waals surface area contributed by atoms with Crippen molar-refractivity contribution in [1.29, 1.82) is 0 Å². The van der Waals surface area contributed by atoms with Gasteiger partial charge in [-0.1, -0.05) is 54.9 Å². The molecule has 1 aromatic carbocycles. The fourth-order valence-corrected chi connectivity index (χ4v) is 5.37. The second kappa shape index (κ2) is 8.52. The molecule has 0 unspecified atom stereocenters. The number of amides is 1. The third-order valence-electron chi connectivity index (χ3n) is 6.18. The van der Waals surface area contributed by atoms with Crippen molar-refractivity contribution in [3.8, 4) is 5.88 Å². The van der Waals surface area contributed by atoms with Gasteiger partial charge in [0, 0.05) is 19.1 Å². The number of benzene rings is 1. The number of hydrogen-bond donors (Lipinski definition) is 2. The van der Waals surface area contributed by atoms with Gasteiger partial charge in [-0.05, 0) is 43.2 Å². The first-order valence-corrected chi connectivity index (χ1v) is 11.2. The minimum absolute atomic E-state index is 0.00546. The molecule has 1 atom stereocenters. The molecular weight excluding hydrogens is 370 g/mol. The van der Waals surface area contributed by atoms with Gasteiger partial charge in [-0.15, -0.1) is 0 Å². The molecule has 5 nitrogen and oxygen atoms in total. The van der Waals surface area contributed by atoms with Crippen LogP contribution in [-0.2, 0) is 24.2 Å². The van der Waals surface area contributed by atoms with Crippen LogP contribution in [-0.4, -0.2) is 33.5 Å². The normalized spacial score (nSPS) is 18.5. The molecule has 1 amide bonds. The monoisotopic (exact) mass is 399 g/mol. The maximum absolute atomic E-state index is 12.8. The van der Waals surface area contributed by atoms with E-state index in [4.69, 9.17) is 0 Å². The quantitative estimate of drug-likeness (QED) is 0.784. The van der Waals surface area contributed by atoms with Gasteiger partial charge in [-0.25, -0.2) is 0 Å². The van der Waals surface area contributed by atoms with E-state index in [0.29, 0.717) is 23.4 Å². The lowest BCUT2D eigenvalue weighted by Crippen LogP contribution is -2.36. The van der Waals surface area contributed by atoms with E-state index in [1.807, 2.05) is 11.0 Å². The molecule has 4 rings (SSSR count). The Labute approximate surface area is 170 Å². The third-order valence-corrected chi connectivity index (χ3v) is 7.16. The molecule has 0 bridgehead atoms. The summed E-state index contributed by atoms with van der Waals surface area (Å²) in [6, 6.07) is 8.64. The van der Waals surface area contributed by atoms with Crippen LogP contribution >= 0.6 is 11.3 Å². The van der Waals surface area contributed by atoms with Crippen LogP contribution in [0.15, 0.2) is 24.3 Å². The highest BCUT2D eigenvalue weighted by Crippen LogP contribution is 2.33. The first-order valence-electron chi connectivity index (χ1n) is 10.4. The molecule has 1 aromatic heterocycles. The lowest BCUT2D eigenvalue weighted by molar-refractivity contribution is -0.131. The second-order valence-corrected chi connectivity index (χ2v) is 9.19. The zero-order valence-corrected chi connectivity index (χ0v) is 17.3. The summed E-state index contributed by atoms with van der Waals surface area (Å²) in [7, 11) is 0. The maximum Gasteiger partial charge on any atom is 0.228 e. The summed E-state index contributed by atoms with van der Waals surface area (Å²) in [5.41, 5.74) is 2.55. The Morgan fingerprint density at radius 1 is 1.29 bits per heavy atom. The van der Waals surface area contributed by atoms with Gasteiger partial charge in [0.15, 0.2) is 5.13 Å². The van der Waals surface area contributed by atoms with Crippen molar-refractivity contribution in [3.05, 3.63) is 40.3 Å². The van der Waals surface area contributed by atoms with Gasteiger partial charge in [-0.3, -0.25) is 4.79 Å². The Hall–Kier alpha value is -2.08. The molecule has 1 saturated carbocycles. The van der Waals surface area contributed by atoms with Crippen molar-refractivity contribution < 1.29 is 9.90 Å². The largest absolute Gasteiger partial charge is 0.492 e. The number of rotatable bonds is 5. The Morgan fingerprint density at radius 2 is 2.04 bits per heavy atom. The molecule has 150 valence electrons. The fourth-order valence-electron chi connectivity index (χ4n) is 4.43. The van der Waals surface area contributed by atoms with Crippen molar-refractivity contribution in [2.45, 2.75) is 64.5 Å². The Morgan fingerprint density at radius 3 is 2.82 bits per heavy atom. The van der Waals surface area contributed by atoms with E-state index in [1.165, 1.54) is 54.6 Å². The number of thiazole rings is 1. The van der Waals surface area contributed by atoms with Crippen LogP contribution in [0, 0.1) is 5.92 Å². The lowest BCUT2D eigenvalue weighted by atomic mass is 9.85. The molecule has 1 fully saturated rings. The summed E-state index contributed by atoms with van der Waals surface area (Å²) in [6.45, 7) is 3.59. The maximum atomic E-state index is 12.8. The molecule has 0 spiro atoms. The smallest absolute Gasteiger partial charge is 0.228 e. The number of anilines is 1. The van der Waals surface area contributed by atoms with Crippen LogP contribution in [0.2, 0.25) is 0 Å². The highest BCUT2D eigenvalue weighted by atomic mass is 32.1. The predicted molar refractivity (Wildman–Crippen MR) is 113 cm³/mol. The number of carbonyl (C=O) groups excluding carboxylic acids is 1. The van der Waals surface area contributed by atoms with E-state index in [0.717, 1.165) is 18.1 Å². The Balaban J connectivity index is 1.36. The van der Waals surface area contributed by atoms with Crippen molar-refractivity contribution in [2.24, 2.45) is 5.92 Å². The van der Waals surface area contributed by atoms with E-state index >= 15 is 0 Å². The zero-order chi connectivity index (χ0) is 19.5. The molecule has 2 heterocycles. The van der Waals surface area contributed by atoms with E-state index < -0.39 is 0 Å². The molecule has 0 radical (unpaired) electrons. The van der Waals surface area contributed by atoms with Crippen molar-refractivity contribution in [1.82, 2.24) is 9.88 Å². The standard InChI is InChI=1S/C22H29N3O2S/c1-15(16-7-3-2-4-8-16)23-22-24-21(27)19(28-22)13-20(26)25-12-11-17-9-5-6-10-18(17)14-25/h5-6,9-10,15-16,27H,2-4,7-8,11-14H2,1H3,(H,23,24)/t15-/m1/s1. The minimum atomic E-state index is -0.00546. The molecule has 1 aliphatic carbocycles. The fraction of sp³-hybridized carbons (Fsp3) is 0.545. The third kappa shape index (κ3) is 4.32. The summed E-state index contributed by atoms with van der Waals surface area (Å²) in [4.78, 5) is 19.6. The van der Waals surface area contributed by atoms with Gasteiger partial charge in [0.1, 0.15) is 0 Å². The highest BCUT2D eigenvalue weighted by Gasteiger charge is 2.24. The van der Waals surface area contributed by atoms with E-state index in [-0.39, 0.29) is 18.2 Å². The molecule has 1 aliphatic heterocycles. The zero-order valence-electron chi connectivity index (χ0n) is 16.5. The Kier molecular flexibility index (Phi) is 5.85. The predicted octanol–water partition coefficient (Wildman–Crippen LogP) is 4.36. The van der Waals surface area contributed by atoms with Crippen LogP contribution in [0.1, 0.15) is 55.0 Å². The number of nitrogens with zero attached hydrogens (tertiary/aromatic N) is 2. The number of nitrogens with one attached hydrogen (secondary N) is 1. The average molecular weight is 400 g/mol. The van der Waals surface area contributed by atoms with Crippen LogP contribution in [0.5, 0.6) is 5.88 Å². The SMILES string of the molecule is C[C@@H](Nc1nc(O)c(CC(=O)N2CCc3ccccc3C2)s1)C1CCCCC1. The van der Waals surface area contributed by atoms with Crippen molar-refractivity contribution >= 4 is 22.4 Å². The number of carbonyl (C=O) groups is 1. The average Bonchev–Trinajstić information content (AvgIpc) is 3.06. The molecule has 2 N–H and O–H groups in total. The molecular formula is C22H29N3O2S. The minimum Gasteiger partial charge on any atom is -0.492 e. The summed E-state index contributed by atoms with van der Waals surface area (Å²) >= 11 is 1.41. The topological polar surface area (TPSA) is 65.5 Å². The van der Waals surface area contributed by atoms with Gasteiger partial charge >= 0.3 is 0 Å². The van der Waals surface area contributed by atoms with E-state index in [2.05, 4.69) is 35.4 Å². The molecule has 28 heavy (non-hydrogen) atoms. The summed E-state index contributed by atoms with van der Waals surface area (Å²) < 4.78 is 0. The summed E-state index contributed by atoms with van der Waals surface area (Å²) in [5.74, 6) is 0.715. The summed E-state index contributed by atoms with van der Waals surface area (Å²) in [5, 5.41) is 14.4. The summed E-state index contributed by atoms with van der Waals surface area (Å²) in [6.07, 6.45) is 7.57. The Bertz CT molecular complexity index is 829. The molecule has 2 aromatic rings. The van der Waals surface area contributed by atoms with Crippen molar-refractivity contribution in [2.75, 3.05) is 11.9 Å². The van der Waals surface area contributed by atoms with E-state index in [9.17, 15) is 9.90 Å². The van der Waals surface area contributed by atoms with Crippen LogP contribution in [0.3, 0.4) is 0 Å². The van der Waals surface area contributed by atoms with Gasteiger partial charge < -0.3 is 15.3 Å². The number of aromatic hydroxyl groups is 1. The van der Waals surface area contributed by atoms with Crippen LogP contribution in [0.25, 0.3) is 0 Å². The van der Waals surface area contributed by atoms with Gasteiger partial charge in [-0.2, -0.15) is 4.98 Å². The first kappa shape index (κ1) is 19.2. The molecule has 0 saturated heterocycles. The number of fused-ring (bicyclic) bond motifs is 1.